The Kier molecular flexibility index (Phi) is 7.29. The van der Waals surface area contributed by atoms with Crippen molar-refractivity contribution in [3.63, 3.8) is 0 Å². The standard InChI is InChI=1S/C14H32O4Si3/c1-11-14(15)16-12(2)13(3)21(10,17-19(4,5)6)18-20(7,8)9/h11-13H,1H2,2-10H3. The summed E-state index contributed by atoms with van der Waals surface area (Å²) in [6, 6.07) is 0. The molecule has 0 aliphatic rings. The van der Waals surface area contributed by atoms with Gasteiger partial charge in [-0.15, -0.1) is 0 Å². The summed E-state index contributed by atoms with van der Waals surface area (Å²) in [5.74, 6) is -0.397. The molecule has 124 valence electrons. The van der Waals surface area contributed by atoms with Crippen molar-refractivity contribution >= 4 is 31.2 Å². The first-order valence-corrected chi connectivity index (χ1v) is 16.6. The van der Waals surface area contributed by atoms with Gasteiger partial charge >= 0.3 is 14.5 Å². The molecule has 0 heterocycles. The molecule has 0 aromatic carbocycles. The van der Waals surface area contributed by atoms with Gasteiger partial charge in [-0.05, 0) is 52.8 Å². The Morgan fingerprint density at radius 3 is 1.62 bits per heavy atom. The first-order valence-electron chi connectivity index (χ1n) is 7.43. The SMILES string of the molecule is C=CC(=O)OC(C)C(C)[Si](C)(O[Si](C)(C)C)O[Si](C)(C)C. The van der Waals surface area contributed by atoms with Crippen LogP contribution in [-0.4, -0.2) is 37.3 Å². The quantitative estimate of drug-likeness (QED) is 0.373. The molecule has 0 aromatic rings. The lowest BCUT2D eigenvalue weighted by molar-refractivity contribution is -0.142. The molecule has 0 radical (unpaired) electrons. The zero-order valence-electron chi connectivity index (χ0n) is 15.1. The number of esters is 1. The van der Waals surface area contributed by atoms with E-state index in [0.717, 1.165) is 0 Å². The molecular weight excluding hydrogens is 316 g/mol. The van der Waals surface area contributed by atoms with Crippen LogP contribution in [0.15, 0.2) is 12.7 Å². The zero-order valence-corrected chi connectivity index (χ0v) is 18.1. The van der Waals surface area contributed by atoms with E-state index in [0.29, 0.717) is 0 Å². The molecule has 0 aliphatic carbocycles. The molecule has 0 amide bonds. The van der Waals surface area contributed by atoms with Crippen LogP contribution in [-0.2, 0) is 17.8 Å². The third-order valence-corrected chi connectivity index (χ3v) is 13.3. The molecule has 7 heteroatoms. The number of rotatable bonds is 8. The maximum absolute atomic E-state index is 11.4. The molecule has 2 atom stereocenters. The third-order valence-electron chi connectivity index (χ3n) is 3.02. The van der Waals surface area contributed by atoms with E-state index < -0.39 is 31.2 Å². The van der Waals surface area contributed by atoms with Crippen molar-refractivity contribution in [1.29, 1.82) is 0 Å². The second kappa shape index (κ2) is 7.36. The molecule has 0 saturated carbocycles. The van der Waals surface area contributed by atoms with Gasteiger partial charge in [0.25, 0.3) is 0 Å². The van der Waals surface area contributed by atoms with Crippen LogP contribution in [0.5, 0.6) is 0 Å². The Labute approximate surface area is 133 Å². The average molecular weight is 349 g/mol. The van der Waals surface area contributed by atoms with Crippen molar-refractivity contribution < 1.29 is 17.8 Å². The van der Waals surface area contributed by atoms with Gasteiger partial charge in [-0.25, -0.2) is 4.79 Å². The summed E-state index contributed by atoms with van der Waals surface area (Å²) in [6.07, 6.45) is 0.945. The molecule has 0 saturated heterocycles. The minimum atomic E-state index is -2.45. The number of ether oxygens (including phenoxy) is 1. The first-order chi connectivity index (χ1) is 9.20. The monoisotopic (exact) mass is 348 g/mol. The maximum atomic E-state index is 11.4. The number of carbonyl (C=O) groups excluding carboxylic acids is 1. The Morgan fingerprint density at radius 1 is 0.952 bits per heavy atom. The van der Waals surface area contributed by atoms with Gasteiger partial charge in [-0.1, -0.05) is 13.5 Å². The summed E-state index contributed by atoms with van der Waals surface area (Å²) in [5, 5.41) is 0. The highest BCUT2D eigenvalue weighted by atomic mass is 28.5. The zero-order chi connectivity index (χ0) is 17.1. The predicted octanol–water partition coefficient (Wildman–Crippen LogP) is 4.27. The number of carbonyl (C=O) groups is 1. The lowest BCUT2D eigenvalue weighted by atomic mass is 10.3. The highest BCUT2D eigenvalue weighted by Gasteiger charge is 2.47. The third kappa shape index (κ3) is 8.10. The van der Waals surface area contributed by atoms with Gasteiger partial charge in [0, 0.05) is 11.6 Å². The summed E-state index contributed by atoms with van der Waals surface area (Å²) in [5.41, 5.74) is 0.0554. The van der Waals surface area contributed by atoms with Gasteiger partial charge < -0.3 is 13.0 Å². The van der Waals surface area contributed by atoms with Crippen LogP contribution in [0.3, 0.4) is 0 Å². The molecule has 0 fully saturated rings. The molecule has 0 spiro atoms. The molecular formula is C14H32O4Si3. The smallest absolute Gasteiger partial charge is 0.330 e. The largest absolute Gasteiger partial charge is 0.459 e. The van der Waals surface area contributed by atoms with Crippen molar-refractivity contribution in [2.75, 3.05) is 0 Å². The van der Waals surface area contributed by atoms with E-state index in [4.69, 9.17) is 13.0 Å². The predicted molar refractivity (Wildman–Crippen MR) is 95.7 cm³/mol. The van der Waals surface area contributed by atoms with E-state index in [1.54, 1.807) is 0 Å². The topological polar surface area (TPSA) is 44.8 Å². The molecule has 0 rings (SSSR count). The van der Waals surface area contributed by atoms with Gasteiger partial charge in [0.2, 0.25) is 0 Å². The fourth-order valence-corrected chi connectivity index (χ4v) is 14.9. The molecule has 0 aromatic heterocycles. The normalized spacial score (nSPS) is 16.2. The highest BCUT2D eigenvalue weighted by Crippen LogP contribution is 2.34. The van der Waals surface area contributed by atoms with Crippen LogP contribution in [0.1, 0.15) is 13.8 Å². The highest BCUT2D eigenvalue weighted by molar-refractivity contribution is 6.88. The Bertz CT molecular complexity index is 355. The minimum absolute atomic E-state index is 0.0554. The average Bonchev–Trinajstić information content (AvgIpc) is 2.22. The fourth-order valence-electron chi connectivity index (χ4n) is 2.18. The summed E-state index contributed by atoms with van der Waals surface area (Å²) < 4.78 is 18.3. The van der Waals surface area contributed by atoms with E-state index in [1.165, 1.54) is 6.08 Å². The summed E-state index contributed by atoms with van der Waals surface area (Å²) in [7, 11) is -5.96. The van der Waals surface area contributed by atoms with Crippen molar-refractivity contribution in [3.05, 3.63) is 12.7 Å². The summed E-state index contributed by atoms with van der Waals surface area (Å²) in [4.78, 5) is 11.4. The molecule has 2 unspecified atom stereocenters. The molecule has 21 heavy (non-hydrogen) atoms. The molecule has 0 bridgehead atoms. The van der Waals surface area contributed by atoms with Crippen LogP contribution in [0, 0.1) is 0 Å². The molecule has 0 aliphatic heterocycles. The van der Waals surface area contributed by atoms with Crippen LogP contribution in [0.4, 0.5) is 0 Å². The number of hydrogen-bond acceptors (Lipinski definition) is 4. The van der Waals surface area contributed by atoms with Crippen molar-refractivity contribution in [2.45, 2.75) is 71.3 Å². The van der Waals surface area contributed by atoms with E-state index in [1.807, 2.05) is 6.92 Å². The van der Waals surface area contributed by atoms with E-state index in [9.17, 15) is 4.79 Å². The second-order valence-corrected chi connectivity index (χ2v) is 20.6. The van der Waals surface area contributed by atoms with Crippen LogP contribution in [0.25, 0.3) is 0 Å². The van der Waals surface area contributed by atoms with Gasteiger partial charge in [0.1, 0.15) is 6.10 Å². The van der Waals surface area contributed by atoms with Crippen molar-refractivity contribution in [3.8, 4) is 0 Å². The fraction of sp³-hybridized carbons (Fsp3) is 0.786. The number of hydrogen-bond donors (Lipinski definition) is 0. The maximum Gasteiger partial charge on any atom is 0.330 e. The Hall–Kier alpha value is -0.219. The second-order valence-electron chi connectivity index (χ2n) is 7.58. The molecule has 0 N–H and O–H groups in total. The summed E-state index contributed by atoms with van der Waals surface area (Å²) >= 11 is 0. The van der Waals surface area contributed by atoms with E-state index in [2.05, 4.69) is 59.3 Å². The van der Waals surface area contributed by atoms with Gasteiger partial charge in [0.15, 0.2) is 16.6 Å². The van der Waals surface area contributed by atoms with Crippen molar-refractivity contribution in [1.82, 2.24) is 0 Å². The van der Waals surface area contributed by atoms with Crippen LogP contribution < -0.4 is 0 Å². The van der Waals surface area contributed by atoms with Gasteiger partial charge in [-0.3, -0.25) is 0 Å². The van der Waals surface area contributed by atoms with Gasteiger partial charge in [0.05, 0.1) is 0 Å². The van der Waals surface area contributed by atoms with Crippen molar-refractivity contribution in [2.24, 2.45) is 0 Å². The van der Waals surface area contributed by atoms with E-state index in [-0.39, 0.29) is 11.6 Å². The lowest BCUT2D eigenvalue weighted by Gasteiger charge is -2.43. The minimum Gasteiger partial charge on any atom is -0.459 e. The van der Waals surface area contributed by atoms with E-state index >= 15 is 0 Å². The Balaban J connectivity index is 5.27. The van der Waals surface area contributed by atoms with Crippen LogP contribution in [0.2, 0.25) is 51.4 Å². The van der Waals surface area contributed by atoms with Gasteiger partial charge in [-0.2, -0.15) is 0 Å². The first kappa shape index (κ1) is 20.8. The lowest BCUT2D eigenvalue weighted by Crippen LogP contribution is -2.57. The van der Waals surface area contributed by atoms with Crippen LogP contribution >= 0.6 is 0 Å². The Morgan fingerprint density at radius 2 is 1.33 bits per heavy atom. The summed E-state index contributed by atoms with van der Waals surface area (Å²) in [6.45, 7) is 22.5. The molecule has 4 nitrogen and oxygen atoms in total.